The maximum atomic E-state index is 6.42. The topological polar surface area (TPSA) is 70.0 Å². The fourth-order valence-corrected chi connectivity index (χ4v) is 4.05. The summed E-state index contributed by atoms with van der Waals surface area (Å²) in [5.74, 6) is 1.66. The van der Waals surface area contributed by atoms with Gasteiger partial charge >= 0.3 is 0 Å². The number of hydrogen-bond donors (Lipinski definition) is 1. The molecule has 5 nitrogen and oxygen atoms in total. The summed E-state index contributed by atoms with van der Waals surface area (Å²) in [6.07, 6.45) is 8.33. The number of allylic oxidation sites excluding steroid dienone is 1. The predicted molar refractivity (Wildman–Crippen MR) is 125 cm³/mol. The smallest absolute Gasteiger partial charge is 0.137 e. The quantitative estimate of drug-likeness (QED) is 0.477. The fourth-order valence-electron chi connectivity index (χ4n) is 3.93. The Hall–Kier alpha value is -2.76. The van der Waals surface area contributed by atoms with Gasteiger partial charge in [-0.3, -0.25) is 4.99 Å². The van der Waals surface area contributed by atoms with Crippen molar-refractivity contribution in [3.05, 3.63) is 72.0 Å². The number of benzene rings is 2. The van der Waals surface area contributed by atoms with Gasteiger partial charge in [-0.25, -0.2) is 0 Å². The monoisotopic (exact) mass is 438 g/mol. The van der Waals surface area contributed by atoms with E-state index in [1.54, 1.807) is 6.26 Å². The van der Waals surface area contributed by atoms with Gasteiger partial charge in [0.25, 0.3) is 0 Å². The third kappa shape index (κ3) is 5.12. The van der Waals surface area contributed by atoms with Crippen molar-refractivity contribution in [2.24, 2.45) is 22.1 Å². The molecule has 0 spiro atoms. The molecular formula is C25H27ClN2O3. The molecule has 0 radical (unpaired) electrons. The van der Waals surface area contributed by atoms with Crippen molar-refractivity contribution in [1.82, 2.24) is 0 Å². The first-order chi connectivity index (χ1) is 15.1. The molecule has 3 atom stereocenters. The van der Waals surface area contributed by atoms with Crippen LogP contribution < -0.4 is 15.2 Å². The summed E-state index contributed by atoms with van der Waals surface area (Å²) in [7, 11) is 0. The van der Waals surface area contributed by atoms with Gasteiger partial charge in [0, 0.05) is 35.7 Å². The van der Waals surface area contributed by atoms with E-state index in [0.29, 0.717) is 24.7 Å². The van der Waals surface area contributed by atoms with Crippen molar-refractivity contribution in [3.8, 4) is 11.5 Å². The number of nitrogens with two attached hydrogens (primary N) is 1. The summed E-state index contributed by atoms with van der Waals surface area (Å²) in [6.45, 7) is 3.75. The average Bonchev–Trinajstić information content (AvgIpc) is 3.28. The molecule has 162 valence electrons. The molecule has 2 heterocycles. The Morgan fingerprint density at radius 1 is 1.19 bits per heavy atom. The van der Waals surface area contributed by atoms with Crippen molar-refractivity contribution in [1.29, 1.82) is 0 Å². The lowest BCUT2D eigenvalue weighted by Crippen LogP contribution is -2.40. The molecule has 2 aromatic carbocycles. The molecule has 3 aromatic rings. The van der Waals surface area contributed by atoms with E-state index in [0.717, 1.165) is 28.9 Å². The zero-order valence-electron chi connectivity index (χ0n) is 17.5. The second kappa shape index (κ2) is 9.58. The van der Waals surface area contributed by atoms with Crippen LogP contribution in [0.1, 0.15) is 13.3 Å². The van der Waals surface area contributed by atoms with E-state index < -0.39 is 0 Å². The number of dihydropyridines is 1. The summed E-state index contributed by atoms with van der Waals surface area (Å²) < 4.78 is 18.1. The van der Waals surface area contributed by atoms with Crippen LogP contribution >= 0.6 is 11.6 Å². The summed E-state index contributed by atoms with van der Waals surface area (Å²) in [5.41, 5.74) is 6.79. The lowest BCUT2D eigenvalue weighted by atomic mass is 9.76. The Kier molecular flexibility index (Phi) is 6.64. The van der Waals surface area contributed by atoms with Crippen molar-refractivity contribution < 1.29 is 13.9 Å². The van der Waals surface area contributed by atoms with E-state index >= 15 is 0 Å². The number of fused-ring (bicyclic) bond motifs is 1. The van der Waals surface area contributed by atoms with Crippen LogP contribution in [0.3, 0.4) is 0 Å². The highest BCUT2D eigenvalue weighted by molar-refractivity contribution is 6.30. The molecule has 4 rings (SSSR count). The number of aliphatic imine (C=N–C) groups is 1. The molecule has 3 unspecified atom stereocenters. The minimum Gasteiger partial charge on any atom is -0.493 e. The molecule has 6 heteroatoms. The van der Waals surface area contributed by atoms with Gasteiger partial charge in [-0.15, -0.1) is 0 Å². The molecule has 2 N–H and O–H groups in total. The highest BCUT2D eigenvalue weighted by Crippen LogP contribution is 2.34. The van der Waals surface area contributed by atoms with Gasteiger partial charge in [-0.2, -0.15) is 0 Å². The Morgan fingerprint density at radius 3 is 2.77 bits per heavy atom. The number of ether oxygens (including phenoxy) is 2. The molecule has 0 amide bonds. The van der Waals surface area contributed by atoms with E-state index in [2.05, 4.69) is 18.0 Å². The van der Waals surface area contributed by atoms with E-state index in [1.807, 2.05) is 60.8 Å². The van der Waals surface area contributed by atoms with E-state index in [-0.39, 0.29) is 17.4 Å². The van der Waals surface area contributed by atoms with E-state index in [1.165, 1.54) is 0 Å². The molecule has 1 aromatic heterocycles. The van der Waals surface area contributed by atoms with Crippen LogP contribution in [0.4, 0.5) is 0 Å². The number of furan rings is 1. The minimum absolute atomic E-state index is 0.0827. The average molecular weight is 439 g/mol. The van der Waals surface area contributed by atoms with Gasteiger partial charge in [0.05, 0.1) is 18.3 Å². The van der Waals surface area contributed by atoms with Crippen molar-refractivity contribution in [2.45, 2.75) is 19.4 Å². The SMILES string of the molecule is CC(Oc1cccc2occc12)C(COc1ccc(Cl)cc1)CC1(CN)C=CC=NC1. The molecule has 0 aliphatic carbocycles. The summed E-state index contributed by atoms with van der Waals surface area (Å²) in [6, 6.07) is 15.2. The Labute approximate surface area is 187 Å². The zero-order chi connectivity index (χ0) is 21.7. The van der Waals surface area contributed by atoms with Gasteiger partial charge < -0.3 is 19.6 Å². The standard InChI is InChI=1S/C25H27ClN2O3/c1-18(31-24-5-2-4-23-22(24)10-13-29-23)19(14-25(16-27)11-3-12-28-17-25)15-30-21-8-6-20(26)7-9-21/h2-13,18-19H,14-17,27H2,1H3. The number of halogens is 1. The maximum absolute atomic E-state index is 6.42. The molecule has 0 saturated heterocycles. The number of hydrogen-bond acceptors (Lipinski definition) is 5. The van der Waals surface area contributed by atoms with Crippen LogP contribution in [-0.2, 0) is 0 Å². The fraction of sp³-hybridized carbons (Fsp3) is 0.320. The lowest BCUT2D eigenvalue weighted by molar-refractivity contribution is 0.0818. The molecule has 0 saturated carbocycles. The van der Waals surface area contributed by atoms with Gasteiger partial charge in [0.1, 0.15) is 23.2 Å². The lowest BCUT2D eigenvalue weighted by Gasteiger charge is -2.35. The Bertz CT molecular complexity index is 1060. The van der Waals surface area contributed by atoms with Crippen LogP contribution in [-0.4, -0.2) is 32.0 Å². The molecule has 0 bridgehead atoms. The maximum Gasteiger partial charge on any atom is 0.137 e. The van der Waals surface area contributed by atoms with Crippen LogP contribution in [0.25, 0.3) is 11.0 Å². The van der Waals surface area contributed by atoms with E-state index in [4.69, 9.17) is 31.2 Å². The van der Waals surface area contributed by atoms with Crippen LogP contribution in [0.15, 0.2) is 76.4 Å². The van der Waals surface area contributed by atoms with Crippen molar-refractivity contribution >= 4 is 28.8 Å². The molecule has 1 aliphatic heterocycles. The first kappa shape index (κ1) is 21.5. The number of nitrogens with zero attached hydrogens (tertiary/aromatic N) is 1. The van der Waals surface area contributed by atoms with Gasteiger partial charge in [-0.05, 0) is 61.9 Å². The largest absolute Gasteiger partial charge is 0.493 e. The predicted octanol–water partition coefficient (Wildman–Crippen LogP) is 5.52. The summed E-state index contributed by atoms with van der Waals surface area (Å²) >= 11 is 6.00. The van der Waals surface area contributed by atoms with Crippen LogP contribution in [0.2, 0.25) is 5.02 Å². The Morgan fingerprint density at radius 2 is 2.03 bits per heavy atom. The molecule has 0 fully saturated rings. The highest BCUT2D eigenvalue weighted by Gasteiger charge is 2.34. The second-order valence-corrected chi connectivity index (χ2v) is 8.49. The molecular weight excluding hydrogens is 412 g/mol. The first-order valence-electron chi connectivity index (χ1n) is 10.5. The van der Waals surface area contributed by atoms with Gasteiger partial charge in [0.2, 0.25) is 0 Å². The Balaban J connectivity index is 1.54. The minimum atomic E-state index is -0.206. The normalized spacial score (nSPS) is 20.0. The third-order valence-corrected chi connectivity index (χ3v) is 6.08. The van der Waals surface area contributed by atoms with Crippen molar-refractivity contribution in [3.63, 3.8) is 0 Å². The first-order valence-corrected chi connectivity index (χ1v) is 10.9. The summed E-state index contributed by atoms with van der Waals surface area (Å²) in [5, 5.41) is 1.64. The highest BCUT2D eigenvalue weighted by atomic mass is 35.5. The van der Waals surface area contributed by atoms with E-state index in [9.17, 15) is 0 Å². The molecule has 31 heavy (non-hydrogen) atoms. The summed E-state index contributed by atoms with van der Waals surface area (Å²) in [4.78, 5) is 4.46. The van der Waals surface area contributed by atoms with Crippen molar-refractivity contribution in [2.75, 3.05) is 19.7 Å². The van der Waals surface area contributed by atoms with Gasteiger partial charge in [-0.1, -0.05) is 23.7 Å². The second-order valence-electron chi connectivity index (χ2n) is 8.06. The number of rotatable bonds is 9. The molecule has 1 aliphatic rings. The van der Waals surface area contributed by atoms with Crippen LogP contribution in [0.5, 0.6) is 11.5 Å². The third-order valence-electron chi connectivity index (χ3n) is 5.83. The van der Waals surface area contributed by atoms with Crippen LogP contribution in [0, 0.1) is 11.3 Å². The van der Waals surface area contributed by atoms with Gasteiger partial charge in [0.15, 0.2) is 0 Å². The zero-order valence-corrected chi connectivity index (χ0v) is 18.3.